The van der Waals surface area contributed by atoms with Crippen LogP contribution in [0.3, 0.4) is 0 Å². The van der Waals surface area contributed by atoms with Crippen molar-refractivity contribution in [3.05, 3.63) is 58.6 Å². The van der Waals surface area contributed by atoms with Crippen molar-refractivity contribution in [2.75, 3.05) is 18.4 Å². The van der Waals surface area contributed by atoms with Gasteiger partial charge in [-0.25, -0.2) is 15.0 Å². The van der Waals surface area contributed by atoms with E-state index in [2.05, 4.69) is 30.4 Å². The maximum absolute atomic E-state index is 12.8. The van der Waals surface area contributed by atoms with E-state index in [4.69, 9.17) is 0 Å². The van der Waals surface area contributed by atoms with Gasteiger partial charge in [0.05, 0.1) is 11.4 Å². The van der Waals surface area contributed by atoms with Crippen LogP contribution in [0.4, 0.5) is 11.8 Å². The second-order valence-electron chi connectivity index (χ2n) is 8.53. The van der Waals surface area contributed by atoms with Crippen LogP contribution in [0, 0.1) is 27.7 Å². The molecular weight excluding hydrogens is 416 g/mol. The Bertz CT molecular complexity index is 1170. The number of hydrogen-bond donors (Lipinski definition) is 1. The summed E-state index contributed by atoms with van der Waals surface area (Å²) in [4.78, 5) is 32.7. The smallest absolute Gasteiger partial charge is 0.246 e. The Labute approximate surface area is 194 Å². The molecule has 1 fully saturated rings. The van der Waals surface area contributed by atoms with Gasteiger partial charge >= 0.3 is 0 Å². The molecule has 4 rings (SSSR count). The fourth-order valence-corrected chi connectivity index (χ4v) is 4.30. The average molecular weight is 447 g/mol. The zero-order valence-electron chi connectivity index (χ0n) is 19.8. The molecule has 0 aliphatic carbocycles. The molecule has 4 heterocycles. The molecule has 0 bridgehead atoms. The first kappa shape index (κ1) is 22.6. The summed E-state index contributed by atoms with van der Waals surface area (Å²) in [5.41, 5.74) is 5.66. The first-order valence-corrected chi connectivity index (χ1v) is 11.2. The molecule has 0 saturated carbocycles. The number of rotatable bonds is 5. The van der Waals surface area contributed by atoms with Gasteiger partial charge in [0.1, 0.15) is 0 Å². The molecule has 0 spiro atoms. The fourth-order valence-electron chi connectivity index (χ4n) is 4.30. The van der Waals surface area contributed by atoms with Gasteiger partial charge < -0.3 is 10.2 Å². The number of amides is 1. The lowest BCUT2D eigenvalue weighted by Gasteiger charge is -2.31. The highest BCUT2D eigenvalue weighted by atomic mass is 16.2. The Morgan fingerprint density at radius 1 is 1.06 bits per heavy atom. The van der Waals surface area contributed by atoms with Crippen molar-refractivity contribution >= 4 is 23.7 Å². The molecular formula is C24H30N8O. The van der Waals surface area contributed by atoms with E-state index in [0.29, 0.717) is 24.9 Å². The van der Waals surface area contributed by atoms with E-state index in [1.54, 1.807) is 18.5 Å². The highest BCUT2D eigenvalue weighted by Crippen LogP contribution is 2.31. The van der Waals surface area contributed by atoms with Crippen molar-refractivity contribution < 1.29 is 4.79 Å². The maximum atomic E-state index is 12.8. The van der Waals surface area contributed by atoms with Crippen LogP contribution in [0.1, 0.15) is 52.8 Å². The second kappa shape index (κ2) is 9.48. The molecule has 0 radical (unpaired) electrons. The summed E-state index contributed by atoms with van der Waals surface area (Å²) < 4.78 is 1.83. The van der Waals surface area contributed by atoms with Crippen molar-refractivity contribution in [2.45, 2.75) is 46.5 Å². The third kappa shape index (κ3) is 5.08. The third-order valence-electron chi connectivity index (χ3n) is 6.09. The molecule has 9 nitrogen and oxygen atoms in total. The number of piperidine rings is 1. The lowest BCUT2D eigenvalue weighted by molar-refractivity contribution is -0.126. The minimum Gasteiger partial charge on any atom is -0.339 e. The van der Waals surface area contributed by atoms with E-state index in [-0.39, 0.29) is 11.8 Å². The van der Waals surface area contributed by atoms with Gasteiger partial charge in [-0.1, -0.05) is 0 Å². The summed E-state index contributed by atoms with van der Waals surface area (Å²) in [6.45, 7) is 9.19. The van der Waals surface area contributed by atoms with Crippen LogP contribution in [0.5, 0.6) is 0 Å². The van der Waals surface area contributed by atoms with Crippen LogP contribution in [0.25, 0.3) is 6.08 Å². The van der Waals surface area contributed by atoms with Gasteiger partial charge in [0.25, 0.3) is 0 Å². The Hall–Kier alpha value is -3.62. The van der Waals surface area contributed by atoms with Crippen molar-refractivity contribution in [3.63, 3.8) is 0 Å². The van der Waals surface area contributed by atoms with Crippen LogP contribution in [0.2, 0.25) is 0 Å². The van der Waals surface area contributed by atoms with E-state index in [0.717, 1.165) is 46.9 Å². The van der Waals surface area contributed by atoms with Gasteiger partial charge in [0, 0.05) is 67.2 Å². The van der Waals surface area contributed by atoms with Gasteiger partial charge in [-0.3, -0.25) is 14.5 Å². The first-order valence-electron chi connectivity index (χ1n) is 11.2. The summed E-state index contributed by atoms with van der Waals surface area (Å²) in [6, 6.07) is 1.93. The highest BCUT2D eigenvalue weighted by molar-refractivity contribution is 5.92. The quantitative estimate of drug-likeness (QED) is 0.599. The normalized spacial score (nSPS) is 14.8. The third-order valence-corrected chi connectivity index (χ3v) is 6.09. The maximum Gasteiger partial charge on any atom is 0.246 e. The zero-order valence-corrected chi connectivity index (χ0v) is 19.8. The molecule has 9 heteroatoms. The Morgan fingerprint density at radius 3 is 2.36 bits per heavy atom. The summed E-state index contributed by atoms with van der Waals surface area (Å²) in [5.74, 6) is 1.43. The van der Waals surface area contributed by atoms with Gasteiger partial charge in [0.2, 0.25) is 11.9 Å². The van der Waals surface area contributed by atoms with Crippen molar-refractivity contribution in [1.82, 2.24) is 34.6 Å². The van der Waals surface area contributed by atoms with Crippen LogP contribution in [0.15, 0.2) is 24.5 Å². The largest absolute Gasteiger partial charge is 0.339 e. The lowest BCUT2D eigenvalue weighted by Crippen LogP contribution is -2.37. The number of carbonyl (C=O) groups is 1. The Kier molecular flexibility index (Phi) is 6.48. The molecule has 1 amide bonds. The Balaban J connectivity index is 1.42. The number of nitrogens with one attached hydrogen (secondary N) is 1. The molecule has 3 aromatic rings. The van der Waals surface area contributed by atoms with Gasteiger partial charge in [-0.2, -0.15) is 5.10 Å². The minimum absolute atomic E-state index is 0.0252. The molecule has 1 aliphatic rings. The van der Waals surface area contributed by atoms with E-state index in [9.17, 15) is 4.79 Å². The number of anilines is 2. The second-order valence-corrected chi connectivity index (χ2v) is 8.53. The number of aromatic nitrogens is 6. The standard InChI is InChI=1S/C24H30N8O/c1-15-14-16(2)28-24(27-15)29-23-22(25-10-11-26-23)19-8-12-32(13-9-19)21(33)7-6-20-17(3)30-31(5)18(20)4/h6-7,10-11,14,19H,8-9,12-13H2,1-5H3,(H,26,27,28,29)/b7-6+. The monoisotopic (exact) mass is 446 g/mol. The van der Waals surface area contributed by atoms with Crippen LogP contribution in [-0.4, -0.2) is 53.6 Å². The lowest BCUT2D eigenvalue weighted by atomic mass is 9.93. The summed E-state index contributed by atoms with van der Waals surface area (Å²) >= 11 is 0. The molecule has 33 heavy (non-hydrogen) atoms. The average Bonchev–Trinajstić information content (AvgIpc) is 3.02. The van der Waals surface area contributed by atoms with Gasteiger partial charge in [0.15, 0.2) is 5.82 Å². The van der Waals surface area contributed by atoms with E-state index < -0.39 is 0 Å². The summed E-state index contributed by atoms with van der Waals surface area (Å²) in [6.07, 6.45) is 8.56. The highest BCUT2D eigenvalue weighted by Gasteiger charge is 2.26. The molecule has 0 atom stereocenters. The number of hydrogen-bond acceptors (Lipinski definition) is 7. The van der Waals surface area contributed by atoms with Crippen LogP contribution in [-0.2, 0) is 11.8 Å². The van der Waals surface area contributed by atoms with Crippen LogP contribution >= 0.6 is 0 Å². The molecule has 172 valence electrons. The SMILES string of the molecule is Cc1cc(C)nc(Nc2nccnc2C2CCN(C(=O)/C=C/c3c(C)nn(C)c3C)CC2)n1. The number of aryl methyl sites for hydroxylation is 4. The zero-order chi connectivity index (χ0) is 23.5. The van der Waals surface area contributed by atoms with Crippen molar-refractivity contribution in [1.29, 1.82) is 0 Å². The number of likely N-dealkylation sites (tertiary alicyclic amines) is 1. The van der Waals surface area contributed by atoms with Gasteiger partial charge in [-0.15, -0.1) is 0 Å². The van der Waals surface area contributed by atoms with E-state index in [1.165, 1.54) is 0 Å². The van der Waals surface area contributed by atoms with Crippen molar-refractivity contribution in [3.8, 4) is 0 Å². The molecule has 0 aromatic carbocycles. The summed E-state index contributed by atoms with van der Waals surface area (Å²) in [5, 5.41) is 7.65. The molecule has 1 aliphatic heterocycles. The summed E-state index contributed by atoms with van der Waals surface area (Å²) in [7, 11) is 1.91. The Morgan fingerprint density at radius 2 is 1.73 bits per heavy atom. The first-order chi connectivity index (χ1) is 15.8. The number of nitrogens with zero attached hydrogens (tertiary/aromatic N) is 7. The van der Waals surface area contributed by atoms with Crippen LogP contribution < -0.4 is 5.32 Å². The molecule has 0 unspecified atom stereocenters. The minimum atomic E-state index is 0.0252. The fraction of sp³-hybridized carbons (Fsp3) is 0.417. The molecule has 1 saturated heterocycles. The predicted molar refractivity (Wildman–Crippen MR) is 127 cm³/mol. The predicted octanol–water partition coefficient (Wildman–Crippen LogP) is 3.40. The van der Waals surface area contributed by atoms with E-state index in [1.807, 2.05) is 56.5 Å². The van der Waals surface area contributed by atoms with E-state index >= 15 is 0 Å². The molecule has 3 aromatic heterocycles. The van der Waals surface area contributed by atoms with Gasteiger partial charge in [-0.05, 0) is 52.7 Å². The molecule has 1 N–H and O–H groups in total. The number of carbonyl (C=O) groups excluding carboxylic acids is 1. The van der Waals surface area contributed by atoms with Crippen molar-refractivity contribution in [2.24, 2.45) is 7.05 Å². The topological polar surface area (TPSA) is 102 Å².